The summed E-state index contributed by atoms with van der Waals surface area (Å²) in [4.78, 5) is 16.6. The molecule has 2 heterocycles. The molecule has 0 atom stereocenters. The minimum absolute atomic E-state index is 0.230. The van der Waals surface area contributed by atoms with E-state index in [9.17, 15) is 4.79 Å². The van der Waals surface area contributed by atoms with Crippen molar-refractivity contribution in [1.82, 2.24) is 4.98 Å². The van der Waals surface area contributed by atoms with E-state index in [1.165, 1.54) is 6.08 Å². The number of fused-ring (bicyclic) bond motifs is 1. The number of benzene rings is 2. The maximum atomic E-state index is 12.0. The second kappa shape index (κ2) is 6.96. The number of aromatic nitrogens is 1. The van der Waals surface area contributed by atoms with Gasteiger partial charge in [-0.05, 0) is 73.5 Å². The van der Waals surface area contributed by atoms with Gasteiger partial charge in [-0.3, -0.25) is 4.79 Å². The lowest BCUT2D eigenvalue weighted by Crippen LogP contribution is -2.07. The molecule has 0 saturated heterocycles. The molecule has 5 heteroatoms. The molecule has 0 saturated carbocycles. The third-order valence-electron chi connectivity index (χ3n) is 4.16. The van der Waals surface area contributed by atoms with E-state index >= 15 is 0 Å². The average molecular weight is 358 g/mol. The van der Waals surface area contributed by atoms with Crippen LogP contribution in [0.3, 0.4) is 0 Å². The Hall–Kier alpha value is -3.60. The summed E-state index contributed by atoms with van der Waals surface area (Å²) in [6, 6.07) is 15.0. The van der Waals surface area contributed by atoms with Gasteiger partial charge in [-0.15, -0.1) is 0 Å². The molecule has 0 unspecified atom stereocenters. The van der Waals surface area contributed by atoms with E-state index in [-0.39, 0.29) is 5.91 Å². The molecule has 0 aliphatic heterocycles. The molecule has 5 nitrogen and oxygen atoms in total. The summed E-state index contributed by atoms with van der Waals surface area (Å²) in [7, 11) is 0. The molecule has 0 radical (unpaired) electrons. The van der Waals surface area contributed by atoms with Gasteiger partial charge in [-0.2, -0.15) is 0 Å². The maximum absolute atomic E-state index is 12.0. The van der Waals surface area contributed by atoms with E-state index in [4.69, 9.17) is 8.83 Å². The van der Waals surface area contributed by atoms with E-state index in [2.05, 4.69) is 16.4 Å². The van der Waals surface area contributed by atoms with Gasteiger partial charge >= 0.3 is 0 Å². The molecule has 1 N–H and O–H groups in total. The molecule has 2 aromatic carbocycles. The van der Waals surface area contributed by atoms with Gasteiger partial charge in [0.05, 0.1) is 6.26 Å². The largest absolute Gasteiger partial charge is 0.465 e. The number of nitrogens with zero attached hydrogens (tertiary/aromatic N) is 1. The highest BCUT2D eigenvalue weighted by Crippen LogP contribution is 2.28. The van der Waals surface area contributed by atoms with Crippen molar-refractivity contribution in [3.63, 3.8) is 0 Å². The topological polar surface area (TPSA) is 68.3 Å². The van der Waals surface area contributed by atoms with E-state index in [0.29, 0.717) is 17.3 Å². The highest BCUT2D eigenvalue weighted by Gasteiger charge is 2.11. The number of furan rings is 1. The second-order valence-corrected chi connectivity index (χ2v) is 6.36. The van der Waals surface area contributed by atoms with Crippen LogP contribution in [0.5, 0.6) is 0 Å². The van der Waals surface area contributed by atoms with Crippen LogP contribution in [0.25, 0.3) is 28.6 Å². The quantitative estimate of drug-likeness (QED) is 0.499. The molecule has 0 fully saturated rings. The lowest BCUT2D eigenvalue weighted by Gasteiger charge is -2.02. The van der Waals surface area contributed by atoms with Crippen LogP contribution in [0.2, 0.25) is 0 Å². The molecule has 27 heavy (non-hydrogen) atoms. The van der Waals surface area contributed by atoms with Crippen LogP contribution in [-0.4, -0.2) is 10.9 Å². The molecule has 0 aliphatic rings. The highest BCUT2D eigenvalue weighted by atomic mass is 16.3. The fourth-order valence-electron chi connectivity index (χ4n) is 2.92. The minimum Gasteiger partial charge on any atom is -0.465 e. The Morgan fingerprint density at radius 1 is 1.11 bits per heavy atom. The van der Waals surface area contributed by atoms with Gasteiger partial charge in [0.15, 0.2) is 5.58 Å². The first-order valence-electron chi connectivity index (χ1n) is 8.59. The van der Waals surface area contributed by atoms with Crippen molar-refractivity contribution in [3.05, 3.63) is 77.8 Å². The number of carbonyl (C=O) groups excluding carboxylic acids is 1. The first-order valence-corrected chi connectivity index (χ1v) is 8.59. The number of nitrogens with one attached hydrogen (secondary N) is 1. The van der Waals surface area contributed by atoms with Crippen molar-refractivity contribution >= 4 is 28.8 Å². The smallest absolute Gasteiger partial charge is 0.248 e. The molecule has 134 valence electrons. The molecule has 4 rings (SSSR count). The van der Waals surface area contributed by atoms with Crippen molar-refractivity contribution in [2.24, 2.45) is 0 Å². The Morgan fingerprint density at radius 2 is 1.93 bits per heavy atom. The Kier molecular flexibility index (Phi) is 4.34. The van der Waals surface area contributed by atoms with Crippen molar-refractivity contribution < 1.29 is 13.6 Å². The summed E-state index contributed by atoms with van der Waals surface area (Å²) < 4.78 is 11.1. The van der Waals surface area contributed by atoms with Crippen LogP contribution in [0.15, 0.2) is 69.7 Å². The zero-order valence-corrected chi connectivity index (χ0v) is 15.0. The monoisotopic (exact) mass is 358 g/mol. The van der Waals surface area contributed by atoms with Gasteiger partial charge < -0.3 is 14.2 Å². The first kappa shape index (κ1) is 16.8. The van der Waals surface area contributed by atoms with Crippen molar-refractivity contribution in [2.75, 3.05) is 5.32 Å². The van der Waals surface area contributed by atoms with Crippen LogP contribution in [-0.2, 0) is 4.79 Å². The second-order valence-electron chi connectivity index (χ2n) is 6.36. The van der Waals surface area contributed by atoms with Gasteiger partial charge in [0.25, 0.3) is 0 Å². The van der Waals surface area contributed by atoms with Crippen LogP contribution >= 0.6 is 0 Å². The Balaban J connectivity index is 1.50. The number of amides is 1. The SMILES string of the molecule is Cc1cc(C)c2oc(-c3ccc(NC(=O)/C=C/c4ccco4)cc3)nc2c1. The van der Waals surface area contributed by atoms with Crippen LogP contribution in [0.1, 0.15) is 16.9 Å². The zero-order valence-electron chi connectivity index (χ0n) is 15.0. The zero-order chi connectivity index (χ0) is 18.8. The van der Waals surface area contributed by atoms with Crippen molar-refractivity contribution in [2.45, 2.75) is 13.8 Å². The number of hydrogen-bond acceptors (Lipinski definition) is 4. The molecule has 4 aromatic rings. The fraction of sp³-hybridized carbons (Fsp3) is 0.0909. The van der Waals surface area contributed by atoms with Gasteiger partial charge in [0.2, 0.25) is 11.8 Å². The van der Waals surface area contributed by atoms with E-state index in [1.807, 2.05) is 44.2 Å². The van der Waals surface area contributed by atoms with Gasteiger partial charge in [0.1, 0.15) is 11.3 Å². The molecule has 0 aliphatic carbocycles. The highest BCUT2D eigenvalue weighted by molar-refractivity contribution is 6.01. The van der Waals surface area contributed by atoms with Crippen molar-refractivity contribution in [3.8, 4) is 11.5 Å². The maximum Gasteiger partial charge on any atom is 0.248 e. The lowest BCUT2D eigenvalue weighted by atomic mass is 10.1. The summed E-state index contributed by atoms with van der Waals surface area (Å²) in [5.74, 6) is 0.961. The number of anilines is 1. The number of carbonyl (C=O) groups is 1. The standard InChI is InChI=1S/C22H18N2O3/c1-14-12-15(2)21-19(13-14)24-22(27-21)16-5-7-17(8-6-16)23-20(25)10-9-18-4-3-11-26-18/h3-13H,1-2H3,(H,23,25)/b10-9+. The molecule has 1 amide bonds. The number of hydrogen-bond donors (Lipinski definition) is 1. The van der Waals surface area contributed by atoms with Gasteiger partial charge in [-0.25, -0.2) is 4.98 Å². The minimum atomic E-state index is -0.230. The Bertz CT molecular complexity index is 1120. The fourth-order valence-corrected chi connectivity index (χ4v) is 2.92. The molecule has 0 bridgehead atoms. The predicted octanol–water partition coefficient (Wildman–Crippen LogP) is 5.36. The first-order chi connectivity index (χ1) is 13.1. The van der Waals surface area contributed by atoms with Gasteiger partial charge in [0, 0.05) is 17.3 Å². The molecule has 0 spiro atoms. The Morgan fingerprint density at radius 3 is 2.67 bits per heavy atom. The predicted molar refractivity (Wildman–Crippen MR) is 105 cm³/mol. The average Bonchev–Trinajstić information content (AvgIpc) is 3.30. The van der Waals surface area contributed by atoms with Crippen LogP contribution < -0.4 is 5.32 Å². The molecular formula is C22H18N2O3. The lowest BCUT2D eigenvalue weighted by molar-refractivity contribution is -0.111. The number of oxazole rings is 1. The number of aryl methyl sites for hydroxylation is 2. The van der Waals surface area contributed by atoms with E-state index in [0.717, 1.165) is 27.8 Å². The molecular weight excluding hydrogens is 340 g/mol. The van der Waals surface area contributed by atoms with E-state index in [1.54, 1.807) is 24.5 Å². The van der Waals surface area contributed by atoms with Crippen LogP contribution in [0.4, 0.5) is 5.69 Å². The third-order valence-corrected chi connectivity index (χ3v) is 4.16. The molecule has 2 aromatic heterocycles. The summed E-state index contributed by atoms with van der Waals surface area (Å²) in [5, 5.41) is 2.81. The Labute approximate surface area is 156 Å². The summed E-state index contributed by atoms with van der Waals surface area (Å²) in [6.07, 6.45) is 4.61. The third kappa shape index (κ3) is 3.67. The normalized spacial score (nSPS) is 11.3. The van der Waals surface area contributed by atoms with Crippen molar-refractivity contribution in [1.29, 1.82) is 0 Å². The van der Waals surface area contributed by atoms with Crippen LogP contribution in [0, 0.1) is 13.8 Å². The summed E-state index contributed by atoms with van der Waals surface area (Å²) in [5.41, 5.74) is 5.42. The summed E-state index contributed by atoms with van der Waals surface area (Å²) >= 11 is 0. The number of rotatable bonds is 4. The van der Waals surface area contributed by atoms with Gasteiger partial charge in [-0.1, -0.05) is 6.07 Å². The summed E-state index contributed by atoms with van der Waals surface area (Å²) in [6.45, 7) is 4.05. The van der Waals surface area contributed by atoms with E-state index < -0.39 is 0 Å².